The predicted octanol–water partition coefficient (Wildman–Crippen LogP) is 2.01. The van der Waals surface area contributed by atoms with Crippen LogP contribution < -0.4 is 4.90 Å². The Hall–Kier alpha value is -1.51. The summed E-state index contributed by atoms with van der Waals surface area (Å²) >= 11 is 0. The Kier molecular flexibility index (Phi) is 3.12. The third-order valence-electron chi connectivity index (χ3n) is 2.22. The summed E-state index contributed by atoms with van der Waals surface area (Å²) in [5.74, 6) is -0.856. The summed E-state index contributed by atoms with van der Waals surface area (Å²) < 4.78 is 0. The maximum atomic E-state index is 10.9. The Labute approximate surface area is 84.0 Å². The second-order valence-corrected chi connectivity index (χ2v) is 3.39. The summed E-state index contributed by atoms with van der Waals surface area (Å²) in [6.07, 6.45) is 0.745. The van der Waals surface area contributed by atoms with Crippen LogP contribution in [0.1, 0.15) is 22.8 Å². The molecule has 1 aromatic carbocycles. The molecule has 3 heteroatoms. The van der Waals surface area contributed by atoms with Gasteiger partial charge in [0.15, 0.2) is 0 Å². The molecule has 0 fully saturated rings. The lowest BCUT2D eigenvalue weighted by molar-refractivity contribution is 0.0696. The van der Waals surface area contributed by atoms with Crippen LogP contribution in [0, 0.1) is 0 Å². The monoisotopic (exact) mass is 193 g/mol. The number of aryl methyl sites for hydroxylation is 1. The van der Waals surface area contributed by atoms with E-state index in [0.717, 1.165) is 17.7 Å². The van der Waals surface area contributed by atoms with Crippen molar-refractivity contribution in [2.45, 2.75) is 13.3 Å². The number of aromatic carboxylic acids is 1. The third kappa shape index (κ3) is 2.05. The molecule has 0 aliphatic rings. The van der Waals surface area contributed by atoms with Gasteiger partial charge in [0.1, 0.15) is 0 Å². The Morgan fingerprint density at radius 2 is 2.07 bits per heavy atom. The zero-order valence-corrected chi connectivity index (χ0v) is 8.74. The van der Waals surface area contributed by atoms with Crippen molar-refractivity contribution >= 4 is 11.7 Å². The van der Waals surface area contributed by atoms with Crippen LogP contribution >= 0.6 is 0 Å². The van der Waals surface area contributed by atoms with Gasteiger partial charge in [-0.05, 0) is 24.1 Å². The maximum absolute atomic E-state index is 10.9. The highest BCUT2D eigenvalue weighted by atomic mass is 16.4. The Morgan fingerprint density at radius 1 is 1.43 bits per heavy atom. The van der Waals surface area contributed by atoms with E-state index in [2.05, 4.69) is 0 Å². The van der Waals surface area contributed by atoms with Gasteiger partial charge < -0.3 is 10.0 Å². The van der Waals surface area contributed by atoms with E-state index in [4.69, 9.17) is 5.11 Å². The van der Waals surface area contributed by atoms with Gasteiger partial charge in [0.2, 0.25) is 0 Å². The predicted molar refractivity (Wildman–Crippen MR) is 57.1 cm³/mol. The van der Waals surface area contributed by atoms with Gasteiger partial charge in [-0.2, -0.15) is 0 Å². The smallest absolute Gasteiger partial charge is 0.336 e. The van der Waals surface area contributed by atoms with Crippen LogP contribution in [-0.2, 0) is 6.42 Å². The molecule has 0 saturated carbocycles. The Morgan fingerprint density at radius 3 is 2.50 bits per heavy atom. The lowest BCUT2D eigenvalue weighted by Crippen LogP contribution is -2.11. The van der Waals surface area contributed by atoms with E-state index in [1.807, 2.05) is 38.1 Å². The molecule has 0 amide bonds. The molecule has 0 unspecified atom stereocenters. The van der Waals surface area contributed by atoms with E-state index in [1.165, 1.54) is 0 Å². The van der Waals surface area contributed by atoms with Crippen molar-refractivity contribution < 1.29 is 9.90 Å². The maximum Gasteiger partial charge on any atom is 0.336 e. The summed E-state index contributed by atoms with van der Waals surface area (Å²) in [4.78, 5) is 12.8. The summed E-state index contributed by atoms with van der Waals surface area (Å²) in [5.41, 5.74) is 2.20. The molecule has 0 atom stereocenters. The van der Waals surface area contributed by atoms with Crippen LogP contribution in [-0.4, -0.2) is 25.2 Å². The van der Waals surface area contributed by atoms with Gasteiger partial charge in [0.25, 0.3) is 0 Å². The minimum absolute atomic E-state index is 0.402. The van der Waals surface area contributed by atoms with Crippen molar-refractivity contribution in [3.63, 3.8) is 0 Å². The number of benzene rings is 1. The summed E-state index contributed by atoms with van der Waals surface area (Å²) in [6.45, 7) is 1.96. The normalized spacial score (nSPS) is 9.93. The highest BCUT2D eigenvalue weighted by Gasteiger charge is 2.09. The van der Waals surface area contributed by atoms with Crippen LogP contribution in [0.25, 0.3) is 0 Å². The molecule has 0 bridgehead atoms. The van der Waals surface area contributed by atoms with Gasteiger partial charge in [0.05, 0.1) is 5.56 Å². The fourth-order valence-electron chi connectivity index (χ4n) is 1.35. The first kappa shape index (κ1) is 10.6. The minimum Gasteiger partial charge on any atom is -0.478 e. The number of hydrogen-bond donors (Lipinski definition) is 1. The van der Waals surface area contributed by atoms with E-state index in [9.17, 15) is 4.79 Å². The van der Waals surface area contributed by atoms with Crippen LogP contribution in [0.3, 0.4) is 0 Å². The number of hydrogen-bond acceptors (Lipinski definition) is 2. The first-order chi connectivity index (χ1) is 6.56. The second kappa shape index (κ2) is 4.13. The molecule has 0 spiro atoms. The van der Waals surface area contributed by atoms with Crippen LogP contribution in [0.2, 0.25) is 0 Å². The molecule has 0 aromatic heterocycles. The molecule has 0 radical (unpaired) electrons. The van der Waals surface area contributed by atoms with E-state index < -0.39 is 5.97 Å². The largest absolute Gasteiger partial charge is 0.478 e. The fraction of sp³-hybridized carbons (Fsp3) is 0.364. The lowest BCUT2D eigenvalue weighted by Gasteiger charge is -2.14. The molecule has 0 heterocycles. The molecule has 1 N–H and O–H groups in total. The average molecular weight is 193 g/mol. The first-order valence-corrected chi connectivity index (χ1v) is 4.59. The molecular weight excluding hydrogens is 178 g/mol. The van der Waals surface area contributed by atoms with Crippen molar-refractivity contribution in [1.82, 2.24) is 0 Å². The first-order valence-electron chi connectivity index (χ1n) is 4.59. The van der Waals surface area contributed by atoms with Gasteiger partial charge in [-0.25, -0.2) is 4.79 Å². The summed E-state index contributed by atoms with van der Waals surface area (Å²) in [6, 6.07) is 5.52. The number of carbonyl (C=O) groups is 1. The average Bonchev–Trinajstić information content (AvgIpc) is 2.16. The van der Waals surface area contributed by atoms with Gasteiger partial charge in [-0.15, -0.1) is 0 Å². The zero-order chi connectivity index (χ0) is 10.7. The second-order valence-electron chi connectivity index (χ2n) is 3.39. The van der Waals surface area contributed by atoms with Crippen LogP contribution in [0.4, 0.5) is 5.69 Å². The topological polar surface area (TPSA) is 40.5 Å². The van der Waals surface area contributed by atoms with E-state index in [0.29, 0.717) is 5.56 Å². The molecule has 14 heavy (non-hydrogen) atoms. The minimum atomic E-state index is -0.856. The van der Waals surface area contributed by atoms with Crippen molar-refractivity contribution in [2.75, 3.05) is 19.0 Å². The van der Waals surface area contributed by atoms with Crippen molar-refractivity contribution in [3.05, 3.63) is 29.3 Å². The number of carboxylic acids is 1. The fourth-order valence-corrected chi connectivity index (χ4v) is 1.35. The zero-order valence-electron chi connectivity index (χ0n) is 8.74. The molecule has 0 saturated heterocycles. The molecule has 76 valence electrons. The summed E-state index contributed by atoms with van der Waals surface area (Å²) in [7, 11) is 3.79. The molecule has 1 rings (SSSR count). The molecule has 0 aliphatic carbocycles. The van der Waals surface area contributed by atoms with Gasteiger partial charge in [0, 0.05) is 19.8 Å². The van der Waals surface area contributed by atoms with Crippen molar-refractivity contribution in [2.24, 2.45) is 0 Å². The standard InChI is InChI=1S/C11H15NO2/c1-4-8-5-6-9(12(2)3)7-10(8)11(13)14/h5-7H,4H2,1-3H3,(H,13,14). The summed E-state index contributed by atoms with van der Waals surface area (Å²) in [5, 5.41) is 8.98. The van der Waals surface area contributed by atoms with Gasteiger partial charge in [-0.3, -0.25) is 0 Å². The Bertz CT molecular complexity index is 345. The number of nitrogens with zero attached hydrogens (tertiary/aromatic N) is 1. The number of rotatable bonds is 3. The van der Waals surface area contributed by atoms with Crippen molar-refractivity contribution in [3.8, 4) is 0 Å². The van der Waals surface area contributed by atoms with E-state index >= 15 is 0 Å². The lowest BCUT2D eigenvalue weighted by atomic mass is 10.0. The Balaban J connectivity index is 3.21. The number of anilines is 1. The molecule has 0 aliphatic heterocycles. The molecule has 3 nitrogen and oxygen atoms in total. The SMILES string of the molecule is CCc1ccc(N(C)C)cc1C(=O)O. The molecular formula is C11H15NO2. The number of carboxylic acid groups (broad SMARTS) is 1. The van der Waals surface area contributed by atoms with Crippen LogP contribution in [0.5, 0.6) is 0 Å². The van der Waals surface area contributed by atoms with Gasteiger partial charge in [-0.1, -0.05) is 13.0 Å². The van der Waals surface area contributed by atoms with E-state index in [-0.39, 0.29) is 0 Å². The third-order valence-corrected chi connectivity index (χ3v) is 2.22. The van der Waals surface area contributed by atoms with Gasteiger partial charge >= 0.3 is 5.97 Å². The van der Waals surface area contributed by atoms with Crippen molar-refractivity contribution in [1.29, 1.82) is 0 Å². The quantitative estimate of drug-likeness (QED) is 0.798. The molecule has 1 aromatic rings. The van der Waals surface area contributed by atoms with Crippen LogP contribution in [0.15, 0.2) is 18.2 Å². The highest BCUT2D eigenvalue weighted by Crippen LogP contribution is 2.18. The van der Waals surface area contributed by atoms with E-state index in [1.54, 1.807) is 6.07 Å². The highest BCUT2D eigenvalue weighted by molar-refractivity contribution is 5.90.